The summed E-state index contributed by atoms with van der Waals surface area (Å²) in [6.07, 6.45) is 11.2. The molecule has 0 saturated heterocycles. The van der Waals surface area contributed by atoms with Gasteiger partial charge in [-0.1, -0.05) is 0 Å². The molecular formula is C15H12B2IO2-. The average molecular weight is 373 g/mol. The zero-order valence-electron chi connectivity index (χ0n) is 11.0. The minimum absolute atomic E-state index is 0.104. The molecule has 2 bridgehead atoms. The van der Waals surface area contributed by atoms with Gasteiger partial charge in [-0.05, 0) is 0 Å². The summed E-state index contributed by atoms with van der Waals surface area (Å²) in [5, 5.41) is 0. The second-order valence-electron chi connectivity index (χ2n) is 4.99. The van der Waals surface area contributed by atoms with Crippen molar-refractivity contribution in [1.29, 1.82) is 0 Å². The van der Waals surface area contributed by atoms with Crippen LogP contribution in [0.1, 0.15) is 0 Å². The van der Waals surface area contributed by atoms with Crippen LogP contribution in [0.15, 0.2) is 69.2 Å². The fourth-order valence-electron chi connectivity index (χ4n) is 2.54. The fraction of sp³-hybridized carbons (Fsp3) is 0.0667. The Hall–Kier alpha value is -1.36. The second-order valence-corrected chi connectivity index (χ2v) is 7.87. The number of hydrogen-bond donors (Lipinski definition) is 0. The third-order valence-corrected chi connectivity index (χ3v) is 6.05. The third kappa shape index (κ3) is 2.14. The first-order valence-corrected chi connectivity index (χ1v) is 8.99. The van der Waals surface area contributed by atoms with Crippen LogP contribution in [0.3, 0.4) is 0 Å². The summed E-state index contributed by atoms with van der Waals surface area (Å²) in [6, 6.07) is 7.89. The van der Waals surface area contributed by atoms with E-state index in [-0.39, 0.29) is 26.0 Å². The van der Waals surface area contributed by atoms with Crippen LogP contribution in [0, 0.1) is 0 Å². The third-order valence-electron chi connectivity index (χ3n) is 3.69. The molecule has 0 saturated carbocycles. The van der Waals surface area contributed by atoms with Gasteiger partial charge in [-0.2, -0.15) is 0 Å². The molecule has 1 aromatic carbocycles. The van der Waals surface area contributed by atoms with Gasteiger partial charge in [0.25, 0.3) is 0 Å². The van der Waals surface area contributed by atoms with Crippen molar-refractivity contribution in [3.63, 3.8) is 0 Å². The van der Waals surface area contributed by atoms with Crippen molar-refractivity contribution >= 4 is 11.7 Å². The number of allylic oxidation sites excluding steroid dienone is 8. The number of benzene rings is 1. The minimum atomic E-state index is -0.329. The molecule has 4 rings (SSSR count). The SMILES string of the molecule is CB1C2=CC=CC1=CC([I-]B1Oc3ccccc3O1)=C2. The van der Waals surface area contributed by atoms with E-state index in [9.17, 15) is 0 Å². The molecule has 0 N–H and O–H groups in total. The van der Waals surface area contributed by atoms with Gasteiger partial charge in [0.15, 0.2) is 0 Å². The van der Waals surface area contributed by atoms with Crippen molar-refractivity contribution in [2.24, 2.45) is 0 Å². The van der Waals surface area contributed by atoms with Crippen molar-refractivity contribution in [3.05, 3.63) is 69.2 Å². The van der Waals surface area contributed by atoms with Crippen molar-refractivity contribution in [2.45, 2.75) is 6.82 Å². The van der Waals surface area contributed by atoms with E-state index in [0.717, 1.165) is 11.5 Å². The predicted octanol–water partition coefficient (Wildman–Crippen LogP) is 0.0548. The van der Waals surface area contributed by atoms with Gasteiger partial charge in [0, 0.05) is 0 Å². The van der Waals surface area contributed by atoms with Crippen molar-refractivity contribution in [1.82, 2.24) is 0 Å². The summed E-state index contributed by atoms with van der Waals surface area (Å²) < 4.78 is 13.1. The van der Waals surface area contributed by atoms with Crippen molar-refractivity contribution in [3.8, 4) is 11.5 Å². The Morgan fingerprint density at radius 2 is 1.75 bits per heavy atom. The van der Waals surface area contributed by atoms with E-state index in [1.54, 1.807) is 0 Å². The van der Waals surface area contributed by atoms with Gasteiger partial charge in [-0.3, -0.25) is 0 Å². The molecule has 98 valence electrons. The Bertz CT molecular complexity index is 664. The van der Waals surface area contributed by atoms with E-state index in [1.165, 1.54) is 14.5 Å². The van der Waals surface area contributed by atoms with E-state index in [4.69, 9.17) is 9.31 Å². The molecule has 0 unspecified atom stereocenters. The number of rotatable bonds is 2. The van der Waals surface area contributed by atoms with Crippen LogP contribution in [0.25, 0.3) is 0 Å². The number of fused-ring (bicyclic) bond motifs is 3. The molecule has 0 aromatic heterocycles. The molecule has 1 aromatic rings. The molecule has 0 atom stereocenters. The predicted molar refractivity (Wildman–Crippen MR) is 78.5 cm³/mol. The molecule has 0 radical (unpaired) electrons. The zero-order chi connectivity index (χ0) is 13.5. The molecule has 5 heteroatoms. The van der Waals surface area contributed by atoms with Gasteiger partial charge < -0.3 is 0 Å². The zero-order valence-corrected chi connectivity index (χ0v) is 13.2. The number of halogens is 1. The molecule has 2 nitrogen and oxygen atoms in total. The van der Waals surface area contributed by atoms with Crippen LogP contribution in [0.5, 0.6) is 11.5 Å². The normalized spacial score (nSPS) is 18.9. The van der Waals surface area contributed by atoms with Gasteiger partial charge in [-0.25, -0.2) is 0 Å². The molecule has 3 aliphatic rings. The Morgan fingerprint density at radius 1 is 1.00 bits per heavy atom. The molecule has 3 heterocycles. The maximum atomic E-state index is 5.88. The van der Waals surface area contributed by atoms with Gasteiger partial charge in [-0.15, -0.1) is 0 Å². The standard InChI is InChI=1S/C15H12B2IO2/c1-16-11-5-4-6-12(16)10-13(9-11)18-17-19-14-7-2-3-8-15(14)20-17/h2-10H,1H3/q-1. The van der Waals surface area contributed by atoms with E-state index in [0.29, 0.717) is 6.71 Å². The number of para-hydroxylation sites is 2. The Balaban J connectivity index is 1.53. The number of hydrogen-bond acceptors (Lipinski definition) is 2. The molecule has 3 aliphatic heterocycles. The summed E-state index contributed by atoms with van der Waals surface area (Å²) in [5.41, 5.74) is 2.80. The van der Waals surface area contributed by atoms with Gasteiger partial charge >= 0.3 is 129 Å². The second kappa shape index (κ2) is 4.88. The molecule has 0 aliphatic carbocycles. The fourth-order valence-corrected chi connectivity index (χ4v) is 5.00. The van der Waals surface area contributed by atoms with Gasteiger partial charge in [0.05, 0.1) is 0 Å². The summed E-state index contributed by atoms with van der Waals surface area (Å²) in [6.45, 7) is 2.78. The topological polar surface area (TPSA) is 18.5 Å². The van der Waals surface area contributed by atoms with Crippen molar-refractivity contribution in [2.75, 3.05) is 0 Å². The summed E-state index contributed by atoms with van der Waals surface area (Å²) in [5.74, 6) is 1.74. The van der Waals surface area contributed by atoms with Gasteiger partial charge in [0.2, 0.25) is 0 Å². The Labute approximate surface area is 129 Å². The summed E-state index contributed by atoms with van der Waals surface area (Å²) in [7, 11) is 0. The van der Waals surface area contributed by atoms with Crippen LogP contribution < -0.4 is 30.3 Å². The summed E-state index contributed by atoms with van der Waals surface area (Å²) in [4.78, 5) is -0.104. The molecule has 0 fully saturated rings. The van der Waals surface area contributed by atoms with Crippen molar-refractivity contribution < 1.29 is 30.3 Å². The molecule has 0 spiro atoms. The first-order valence-electron chi connectivity index (χ1n) is 6.67. The first kappa shape index (κ1) is 12.4. The maximum absolute atomic E-state index is 5.88. The molecule has 20 heavy (non-hydrogen) atoms. The van der Waals surface area contributed by atoms with Crippen LogP contribution in [-0.4, -0.2) is 11.7 Å². The van der Waals surface area contributed by atoms with Crippen LogP contribution in [-0.2, 0) is 0 Å². The van der Waals surface area contributed by atoms with Gasteiger partial charge in [0.1, 0.15) is 0 Å². The van der Waals surface area contributed by atoms with Crippen LogP contribution in [0.4, 0.5) is 0 Å². The first-order chi connectivity index (χ1) is 9.79. The van der Waals surface area contributed by atoms with Crippen LogP contribution in [0.2, 0.25) is 6.82 Å². The monoisotopic (exact) mass is 373 g/mol. The molecular weight excluding hydrogens is 361 g/mol. The Kier molecular flexibility index (Phi) is 3.02. The van der Waals surface area contributed by atoms with E-state index >= 15 is 0 Å². The summed E-state index contributed by atoms with van der Waals surface area (Å²) >= 11 is -0.329. The Morgan fingerprint density at radius 3 is 2.45 bits per heavy atom. The quantitative estimate of drug-likeness (QED) is 0.540. The van der Waals surface area contributed by atoms with E-state index in [1.807, 2.05) is 24.3 Å². The average Bonchev–Trinajstić information content (AvgIpc) is 2.82. The van der Waals surface area contributed by atoms with E-state index in [2.05, 4.69) is 37.2 Å². The molecule has 0 amide bonds. The van der Waals surface area contributed by atoms with E-state index < -0.39 is 0 Å². The van der Waals surface area contributed by atoms with Crippen LogP contribution >= 0.6 is 0 Å².